The van der Waals surface area contributed by atoms with E-state index < -0.39 is 19.9 Å². The average molecular weight is 333 g/mol. The first-order valence-electron chi connectivity index (χ1n) is 6.68. The minimum absolute atomic E-state index is 0.00884. The van der Waals surface area contributed by atoms with Crippen LogP contribution in [0.15, 0.2) is 29.2 Å². The van der Waals surface area contributed by atoms with Crippen molar-refractivity contribution >= 4 is 19.9 Å². The van der Waals surface area contributed by atoms with Gasteiger partial charge in [-0.25, -0.2) is 16.8 Å². The van der Waals surface area contributed by atoms with Crippen molar-refractivity contribution < 1.29 is 21.6 Å². The highest BCUT2D eigenvalue weighted by Crippen LogP contribution is 2.21. The van der Waals surface area contributed by atoms with Crippen LogP contribution in [0.1, 0.15) is 13.8 Å². The fraction of sp³-hybridized carbons (Fsp3) is 0.538. The van der Waals surface area contributed by atoms with Crippen LogP contribution in [0, 0.1) is 0 Å². The molecule has 0 amide bonds. The van der Waals surface area contributed by atoms with Crippen LogP contribution in [-0.4, -0.2) is 51.8 Å². The van der Waals surface area contributed by atoms with Gasteiger partial charge < -0.3 is 4.74 Å². The number of benzene rings is 1. The molecule has 1 heterocycles. The minimum atomic E-state index is -3.64. The third kappa shape index (κ3) is 3.96. The second-order valence-corrected chi connectivity index (χ2v) is 9.44. The molecule has 2 rings (SSSR count). The number of ether oxygens (including phenoxy) is 1. The van der Waals surface area contributed by atoms with E-state index in [0.717, 1.165) is 0 Å². The molecule has 118 valence electrons. The molecule has 0 bridgehead atoms. The lowest BCUT2D eigenvalue weighted by molar-refractivity contribution is 0.242. The summed E-state index contributed by atoms with van der Waals surface area (Å²) in [5, 5.41) is 0. The highest BCUT2D eigenvalue weighted by atomic mass is 32.2. The van der Waals surface area contributed by atoms with Gasteiger partial charge in [0.1, 0.15) is 5.75 Å². The van der Waals surface area contributed by atoms with E-state index in [0.29, 0.717) is 5.75 Å². The molecule has 1 aliphatic rings. The molecule has 6 nitrogen and oxygen atoms in total. The summed E-state index contributed by atoms with van der Waals surface area (Å²) in [6.07, 6.45) is 0.0137. The topological polar surface area (TPSA) is 80.8 Å². The summed E-state index contributed by atoms with van der Waals surface area (Å²) in [5.74, 6) is 0.354. The highest BCUT2D eigenvalue weighted by Gasteiger charge is 2.31. The third-order valence-electron chi connectivity index (χ3n) is 3.14. The van der Waals surface area contributed by atoms with Gasteiger partial charge in [-0.3, -0.25) is 0 Å². The standard InChI is InChI=1S/C13H19NO5S2/c1-11(2)19-12-3-5-13(6-4-12)21(17,18)14-7-9-20(15,16)10-8-14/h3-6,11H,7-10H2,1-2H3. The van der Waals surface area contributed by atoms with E-state index in [1.54, 1.807) is 12.1 Å². The van der Waals surface area contributed by atoms with Crippen molar-refractivity contribution in [1.29, 1.82) is 0 Å². The monoisotopic (exact) mass is 333 g/mol. The molecule has 0 atom stereocenters. The zero-order valence-electron chi connectivity index (χ0n) is 12.0. The van der Waals surface area contributed by atoms with Gasteiger partial charge in [-0.2, -0.15) is 4.31 Å². The molecule has 0 unspecified atom stereocenters. The Labute approximate surface area is 125 Å². The molecule has 1 fully saturated rings. The molecular weight excluding hydrogens is 314 g/mol. The van der Waals surface area contributed by atoms with Crippen LogP contribution < -0.4 is 4.74 Å². The van der Waals surface area contributed by atoms with E-state index in [9.17, 15) is 16.8 Å². The summed E-state index contributed by atoms with van der Waals surface area (Å²) < 4.78 is 54.3. The summed E-state index contributed by atoms with van der Waals surface area (Å²) in [6, 6.07) is 6.17. The zero-order valence-corrected chi connectivity index (χ0v) is 13.7. The van der Waals surface area contributed by atoms with E-state index in [1.807, 2.05) is 13.8 Å². The molecule has 21 heavy (non-hydrogen) atoms. The Hall–Kier alpha value is -1.12. The van der Waals surface area contributed by atoms with E-state index in [-0.39, 0.29) is 35.6 Å². The van der Waals surface area contributed by atoms with Crippen molar-refractivity contribution in [2.75, 3.05) is 24.6 Å². The predicted molar refractivity (Wildman–Crippen MR) is 79.6 cm³/mol. The second-order valence-electron chi connectivity index (χ2n) is 5.19. The molecule has 1 aromatic rings. The first kappa shape index (κ1) is 16.3. The molecule has 8 heteroatoms. The van der Waals surface area contributed by atoms with Crippen LogP contribution in [0.4, 0.5) is 0 Å². The molecule has 0 N–H and O–H groups in total. The summed E-state index contributed by atoms with van der Waals surface area (Å²) in [5.41, 5.74) is 0. The normalized spacial score (nSPS) is 19.6. The number of sulfone groups is 1. The maximum absolute atomic E-state index is 12.4. The van der Waals surface area contributed by atoms with Crippen molar-refractivity contribution in [1.82, 2.24) is 4.31 Å². The quantitative estimate of drug-likeness (QED) is 0.817. The van der Waals surface area contributed by atoms with Gasteiger partial charge >= 0.3 is 0 Å². The molecule has 0 spiro atoms. The first-order valence-corrected chi connectivity index (χ1v) is 9.94. The van der Waals surface area contributed by atoms with Gasteiger partial charge in [-0.05, 0) is 38.1 Å². The molecule has 0 aliphatic carbocycles. The molecule has 1 aliphatic heterocycles. The first-order chi connectivity index (χ1) is 9.71. The number of sulfonamides is 1. The lowest BCUT2D eigenvalue weighted by Gasteiger charge is -2.26. The van der Waals surface area contributed by atoms with Crippen LogP contribution in [0.2, 0.25) is 0 Å². The molecule has 0 saturated carbocycles. The van der Waals surface area contributed by atoms with Crippen LogP contribution >= 0.6 is 0 Å². The Balaban J connectivity index is 2.16. The number of rotatable bonds is 4. The number of hydrogen-bond acceptors (Lipinski definition) is 5. The SMILES string of the molecule is CC(C)Oc1ccc(S(=O)(=O)N2CCS(=O)(=O)CC2)cc1. The Morgan fingerprint density at radius 3 is 2.10 bits per heavy atom. The summed E-state index contributed by atoms with van der Waals surface area (Å²) in [4.78, 5) is 0.151. The van der Waals surface area contributed by atoms with Crippen molar-refractivity contribution in [3.63, 3.8) is 0 Å². The Kier molecular flexibility index (Phi) is 4.60. The second kappa shape index (κ2) is 5.94. The predicted octanol–water partition coefficient (Wildman–Crippen LogP) is 0.893. The smallest absolute Gasteiger partial charge is 0.243 e. The van der Waals surface area contributed by atoms with Gasteiger partial charge in [0.15, 0.2) is 9.84 Å². The highest BCUT2D eigenvalue weighted by molar-refractivity contribution is 7.92. The molecule has 0 aromatic heterocycles. The number of nitrogens with zero attached hydrogens (tertiary/aromatic N) is 1. The summed E-state index contributed by atoms with van der Waals surface area (Å²) >= 11 is 0. The fourth-order valence-corrected chi connectivity index (χ4v) is 4.92. The summed E-state index contributed by atoms with van der Waals surface area (Å²) in [6.45, 7) is 3.79. The van der Waals surface area contributed by atoms with Crippen molar-refractivity contribution in [2.45, 2.75) is 24.8 Å². The van der Waals surface area contributed by atoms with Gasteiger partial charge in [0.2, 0.25) is 10.0 Å². The zero-order chi connectivity index (χ0) is 15.7. The fourth-order valence-electron chi connectivity index (χ4n) is 2.05. The molecule has 1 aromatic carbocycles. The van der Waals surface area contributed by atoms with Crippen LogP contribution in [0.3, 0.4) is 0 Å². The Bertz CT molecular complexity index is 679. The molecule has 0 radical (unpaired) electrons. The number of hydrogen-bond donors (Lipinski definition) is 0. The minimum Gasteiger partial charge on any atom is -0.491 e. The lowest BCUT2D eigenvalue weighted by Crippen LogP contribution is -2.43. The van der Waals surface area contributed by atoms with Gasteiger partial charge in [-0.15, -0.1) is 0 Å². The Morgan fingerprint density at radius 1 is 1.10 bits per heavy atom. The maximum atomic E-state index is 12.4. The van der Waals surface area contributed by atoms with E-state index in [2.05, 4.69) is 0 Å². The van der Waals surface area contributed by atoms with Crippen LogP contribution in [0.25, 0.3) is 0 Å². The van der Waals surface area contributed by atoms with Crippen LogP contribution in [-0.2, 0) is 19.9 Å². The van der Waals surface area contributed by atoms with E-state index >= 15 is 0 Å². The Morgan fingerprint density at radius 2 is 1.62 bits per heavy atom. The molecular formula is C13H19NO5S2. The van der Waals surface area contributed by atoms with Gasteiger partial charge in [0, 0.05) is 13.1 Å². The van der Waals surface area contributed by atoms with Gasteiger partial charge in [0.25, 0.3) is 0 Å². The third-order valence-corrected chi connectivity index (χ3v) is 6.66. The van der Waals surface area contributed by atoms with Crippen molar-refractivity contribution in [3.8, 4) is 5.75 Å². The molecule has 1 saturated heterocycles. The van der Waals surface area contributed by atoms with Crippen molar-refractivity contribution in [3.05, 3.63) is 24.3 Å². The largest absolute Gasteiger partial charge is 0.491 e. The van der Waals surface area contributed by atoms with E-state index in [4.69, 9.17) is 4.74 Å². The van der Waals surface area contributed by atoms with Gasteiger partial charge in [-0.1, -0.05) is 0 Å². The lowest BCUT2D eigenvalue weighted by atomic mass is 10.3. The maximum Gasteiger partial charge on any atom is 0.243 e. The van der Waals surface area contributed by atoms with E-state index in [1.165, 1.54) is 16.4 Å². The van der Waals surface area contributed by atoms with Crippen LogP contribution in [0.5, 0.6) is 5.75 Å². The van der Waals surface area contributed by atoms with Gasteiger partial charge in [0.05, 0.1) is 22.5 Å². The van der Waals surface area contributed by atoms with Crippen molar-refractivity contribution in [2.24, 2.45) is 0 Å². The average Bonchev–Trinajstić information content (AvgIpc) is 2.38. The summed E-state index contributed by atoms with van der Waals surface area (Å²) in [7, 11) is -6.75.